The predicted molar refractivity (Wildman–Crippen MR) is 24.2 cm³/mol. The normalized spacial score (nSPS) is 5.50. The zero-order valence-corrected chi connectivity index (χ0v) is 3.31. The molecule has 0 fully saturated rings. The Morgan fingerprint density at radius 3 is 2.50 bits per heavy atom. The monoisotopic (exact) mass is 85.1 g/mol. The van der Waals surface area contributed by atoms with Gasteiger partial charge in [-0.1, -0.05) is 5.73 Å². The van der Waals surface area contributed by atoms with Crippen molar-refractivity contribution in [2.75, 3.05) is 0 Å². The average molecular weight is 85.1 g/mol. The molecule has 3 nitrogen and oxygen atoms in total. The van der Waals surface area contributed by atoms with Crippen LogP contribution in [0.3, 0.4) is 0 Å². The van der Waals surface area contributed by atoms with Crippen LogP contribution in [0.5, 0.6) is 0 Å². The van der Waals surface area contributed by atoms with E-state index in [0.29, 0.717) is 0 Å². The van der Waals surface area contributed by atoms with Crippen LogP contribution in [0.1, 0.15) is 0 Å². The Hall–Kier alpha value is -0.920. The molecule has 0 radical (unpaired) electrons. The van der Waals surface area contributed by atoms with Gasteiger partial charge in [-0.3, -0.25) is 5.84 Å². The SMILES string of the molecule is NC=C=CNN. The molecule has 0 aliphatic rings. The van der Waals surface area contributed by atoms with Crippen LogP contribution in [-0.2, 0) is 0 Å². The minimum absolute atomic E-state index is 1.26. The highest BCUT2D eigenvalue weighted by atomic mass is 15.2. The van der Waals surface area contributed by atoms with Crippen molar-refractivity contribution in [3.05, 3.63) is 18.1 Å². The number of hydrazine groups is 1. The molecule has 0 saturated carbocycles. The minimum atomic E-state index is 1.26. The topological polar surface area (TPSA) is 64.1 Å². The molecule has 0 rings (SSSR count). The van der Waals surface area contributed by atoms with Gasteiger partial charge in [0.15, 0.2) is 0 Å². The van der Waals surface area contributed by atoms with Gasteiger partial charge < -0.3 is 11.2 Å². The number of nitrogens with one attached hydrogen (secondary N) is 1. The van der Waals surface area contributed by atoms with Crippen molar-refractivity contribution in [1.82, 2.24) is 5.43 Å². The van der Waals surface area contributed by atoms with Gasteiger partial charge in [0.05, 0.1) is 6.20 Å². The Balaban J connectivity index is 3.18. The molecular formula is C3H7N3. The molecule has 0 bridgehead atoms. The standard InChI is InChI=1S/C3H7N3/c4-2-1-3-6-5/h2-3,6H,4-5H2. The van der Waals surface area contributed by atoms with E-state index in [2.05, 4.69) is 11.2 Å². The molecule has 34 valence electrons. The Labute approximate surface area is 36.3 Å². The maximum absolute atomic E-state index is 4.85. The summed E-state index contributed by atoms with van der Waals surface area (Å²) < 4.78 is 0. The smallest absolute Gasteiger partial charge is 0.0556 e. The van der Waals surface area contributed by atoms with Crippen molar-refractivity contribution >= 4 is 0 Å². The van der Waals surface area contributed by atoms with E-state index in [1.54, 1.807) is 0 Å². The molecule has 3 heteroatoms. The number of hydrogen-bond acceptors (Lipinski definition) is 3. The summed E-state index contributed by atoms with van der Waals surface area (Å²) in [6.45, 7) is 0. The molecular weight excluding hydrogens is 78.1 g/mol. The van der Waals surface area contributed by atoms with E-state index in [1.165, 1.54) is 12.4 Å². The lowest BCUT2D eigenvalue weighted by Gasteiger charge is -1.73. The van der Waals surface area contributed by atoms with E-state index in [1.807, 2.05) is 0 Å². The van der Waals surface area contributed by atoms with Crippen LogP contribution in [0, 0.1) is 0 Å². The Morgan fingerprint density at radius 2 is 2.33 bits per heavy atom. The van der Waals surface area contributed by atoms with E-state index in [9.17, 15) is 0 Å². The van der Waals surface area contributed by atoms with E-state index < -0.39 is 0 Å². The molecule has 0 aliphatic carbocycles. The maximum atomic E-state index is 4.85. The zero-order valence-electron chi connectivity index (χ0n) is 3.31. The third-order valence-corrected chi connectivity index (χ3v) is 0.263. The van der Waals surface area contributed by atoms with Crippen molar-refractivity contribution in [2.24, 2.45) is 11.6 Å². The summed E-state index contributed by atoms with van der Waals surface area (Å²) in [6.07, 6.45) is 2.67. The summed E-state index contributed by atoms with van der Waals surface area (Å²) in [7, 11) is 0. The summed E-state index contributed by atoms with van der Waals surface area (Å²) in [5, 5.41) is 0. The van der Waals surface area contributed by atoms with Gasteiger partial charge in [-0.05, 0) is 0 Å². The average Bonchev–Trinajstić information content (AvgIpc) is 1.61. The van der Waals surface area contributed by atoms with Crippen molar-refractivity contribution < 1.29 is 0 Å². The van der Waals surface area contributed by atoms with Gasteiger partial charge in [-0.25, -0.2) is 0 Å². The van der Waals surface area contributed by atoms with Crippen LogP contribution in [0.2, 0.25) is 0 Å². The highest BCUT2D eigenvalue weighted by Gasteiger charge is 1.44. The van der Waals surface area contributed by atoms with Crippen LogP contribution in [-0.4, -0.2) is 0 Å². The van der Waals surface area contributed by atoms with Crippen molar-refractivity contribution in [3.63, 3.8) is 0 Å². The lowest BCUT2D eigenvalue weighted by molar-refractivity contribution is 0.969. The van der Waals surface area contributed by atoms with Crippen LogP contribution in [0.4, 0.5) is 0 Å². The second-order valence-corrected chi connectivity index (χ2v) is 0.644. The van der Waals surface area contributed by atoms with Gasteiger partial charge in [-0.15, -0.1) is 0 Å². The first-order valence-electron chi connectivity index (χ1n) is 1.49. The summed E-state index contributed by atoms with van der Waals surface area (Å²) in [5.74, 6) is 4.77. The highest BCUT2D eigenvalue weighted by Crippen LogP contribution is 1.44. The highest BCUT2D eigenvalue weighted by molar-refractivity contribution is 4.75. The molecule has 0 aliphatic heterocycles. The Kier molecular flexibility index (Phi) is 3.45. The second kappa shape index (κ2) is 4.08. The van der Waals surface area contributed by atoms with Gasteiger partial charge in [0.1, 0.15) is 0 Å². The van der Waals surface area contributed by atoms with E-state index in [0.717, 1.165) is 0 Å². The minimum Gasteiger partial charge on any atom is -0.398 e. The summed E-state index contributed by atoms with van der Waals surface area (Å²) in [6, 6.07) is 0. The van der Waals surface area contributed by atoms with E-state index in [4.69, 9.17) is 11.6 Å². The lowest BCUT2D eigenvalue weighted by Crippen LogP contribution is -2.12. The molecule has 0 amide bonds. The quantitative estimate of drug-likeness (QED) is 0.218. The van der Waals surface area contributed by atoms with E-state index >= 15 is 0 Å². The number of rotatable bonds is 1. The Morgan fingerprint density at radius 1 is 1.67 bits per heavy atom. The second-order valence-electron chi connectivity index (χ2n) is 0.644. The lowest BCUT2D eigenvalue weighted by atomic mass is 10.8. The first-order chi connectivity index (χ1) is 2.91. The fraction of sp³-hybridized carbons (Fsp3) is 0. The molecule has 0 saturated heterocycles. The van der Waals surface area contributed by atoms with Crippen molar-refractivity contribution in [2.45, 2.75) is 0 Å². The molecule has 0 unspecified atom stereocenters. The first kappa shape index (κ1) is 5.08. The van der Waals surface area contributed by atoms with Crippen molar-refractivity contribution in [3.8, 4) is 0 Å². The van der Waals surface area contributed by atoms with Gasteiger partial charge in [0.25, 0.3) is 0 Å². The molecule has 5 N–H and O–H groups in total. The number of nitrogens with two attached hydrogens (primary N) is 2. The summed E-state index contributed by atoms with van der Waals surface area (Å²) in [5.41, 5.74) is 9.56. The van der Waals surface area contributed by atoms with Gasteiger partial charge >= 0.3 is 0 Å². The fourth-order valence-electron chi connectivity index (χ4n) is 0.0962. The van der Waals surface area contributed by atoms with Crippen LogP contribution in [0.25, 0.3) is 0 Å². The summed E-state index contributed by atoms with van der Waals surface area (Å²) >= 11 is 0. The molecule has 0 aromatic rings. The zero-order chi connectivity index (χ0) is 4.83. The Bertz CT molecular complexity index is 70.1. The summed E-state index contributed by atoms with van der Waals surface area (Å²) in [4.78, 5) is 0. The third kappa shape index (κ3) is 3.08. The van der Waals surface area contributed by atoms with Gasteiger partial charge in [0.2, 0.25) is 0 Å². The molecule has 6 heavy (non-hydrogen) atoms. The largest absolute Gasteiger partial charge is 0.398 e. The first-order valence-corrected chi connectivity index (χ1v) is 1.49. The third-order valence-electron chi connectivity index (χ3n) is 0.263. The number of hydrogen-bond donors (Lipinski definition) is 3. The molecule has 0 atom stereocenters. The van der Waals surface area contributed by atoms with Crippen LogP contribution in [0.15, 0.2) is 18.1 Å². The molecule has 0 aromatic heterocycles. The van der Waals surface area contributed by atoms with Crippen molar-refractivity contribution in [1.29, 1.82) is 0 Å². The van der Waals surface area contributed by atoms with Gasteiger partial charge in [-0.2, -0.15) is 0 Å². The van der Waals surface area contributed by atoms with Crippen LogP contribution >= 0.6 is 0 Å². The predicted octanol–water partition coefficient (Wildman–Crippen LogP) is -0.965. The molecule has 0 heterocycles. The van der Waals surface area contributed by atoms with Crippen LogP contribution < -0.4 is 17.0 Å². The maximum Gasteiger partial charge on any atom is 0.0556 e. The van der Waals surface area contributed by atoms with Gasteiger partial charge in [0, 0.05) is 6.20 Å². The van der Waals surface area contributed by atoms with E-state index in [-0.39, 0.29) is 0 Å². The molecule has 0 aromatic carbocycles. The molecule has 0 spiro atoms. The fourth-order valence-corrected chi connectivity index (χ4v) is 0.0962.